The molecule has 0 unspecified atom stereocenters. The van der Waals surface area contributed by atoms with Gasteiger partial charge in [-0.1, -0.05) is 166 Å². The number of anilines is 6. The zero-order valence-electron chi connectivity index (χ0n) is 34.1. The van der Waals surface area contributed by atoms with E-state index in [1.807, 2.05) is 0 Å². The number of hydrogen-bond donors (Lipinski definition) is 0. The first-order valence-electron chi connectivity index (χ1n) is 21.2. The van der Waals surface area contributed by atoms with Gasteiger partial charge in [0.2, 0.25) is 0 Å². The van der Waals surface area contributed by atoms with Crippen molar-refractivity contribution in [2.45, 2.75) is 45.1 Å². The van der Waals surface area contributed by atoms with Crippen molar-refractivity contribution in [1.82, 2.24) is 0 Å². The molecule has 0 atom stereocenters. The predicted octanol–water partition coefficient (Wildman–Crippen LogP) is 9.80. The third-order valence-electron chi connectivity index (χ3n) is 15.1. The number of fused-ring (bicyclic) bond motifs is 6. The maximum atomic E-state index is 2.62. The van der Waals surface area contributed by atoms with Gasteiger partial charge in [-0.05, 0) is 115 Å². The van der Waals surface area contributed by atoms with Crippen molar-refractivity contribution in [3.63, 3.8) is 0 Å². The molecule has 59 heavy (non-hydrogen) atoms. The van der Waals surface area contributed by atoms with Crippen LogP contribution in [0.4, 0.5) is 34.1 Å². The molecule has 4 heteroatoms. The summed E-state index contributed by atoms with van der Waals surface area (Å²) in [5.41, 5.74) is 22.8. The fraction of sp³-hybridized carbons (Fsp3) is 0.127. The highest BCUT2D eigenvalue weighted by Gasteiger charge is 2.54. The molecule has 8 aromatic rings. The molecule has 5 aliphatic rings. The molecule has 0 fully saturated rings. The van der Waals surface area contributed by atoms with E-state index in [0.29, 0.717) is 0 Å². The van der Waals surface area contributed by atoms with Gasteiger partial charge in [-0.15, -0.1) is 0 Å². The molecule has 3 aliphatic heterocycles. The quantitative estimate of drug-likeness (QED) is 0.165. The lowest BCUT2D eigenvalue weighted by Crippen LogP contribution is -2.83. The molecule has 0 aromatic heterocycles. The molecule has 0 bridgehead atoms. The summed E-state index contributed by atoms with van der Waals surface area (Å²) in [4.78, 5) is 5.24. The smallest absolute Gasteiger partial charge is 0.251 e. The largest absolute Gasteiger partial charge is 0.311 e. The molecular formula is C55H43BN2Si. The van der Waals surface area contributed by atoms with Crippen LogP contribution in [0.3, 0.4) is 0 Å². The van der Waals surface area contributed by atoms with E-state index >= 15 is 0 Å². The van der Waals surface area contributed by atoms with E-state index in [2.05, 4.69) is 214 Å². The summed E-state index contributed by atoms with van der Waals surface area (Å²) in [6.45, 7) is 12.3. The third-order valence-corrected chi connectivity index (χ3v) is 19.6. The molecule has 3 heterocycles. The van der Waals surface area contributed by atoms with Crippen LogP contribution in [-0.2, 0) is 10.8 Å². The summed E-state index contributed by atoms with van der Waals surface area (Å²) < 4.78 is 0. The first-order chi connectivity index (χ1) is 28.7. The van der Waals surface area contributed by atoms with Crippen molar-refractivity contribution in [3.8, 4) is 22.3 Å². The van der Waals surface area contributed by atoms with Gasteiger partial charge in [-0.25, -0.2) is 0 Å². The molecule has 8 aromatic carbocycles. The van der Waals surface area contributed by atoms with Crippen molar-refractivity contribution >= 4 is 80.9 Å². The van der Waals surface area contributed by atoms with Crippen molar-refractivity contribution in [2.75, 3.05) is 9.80 Å². The topological polar surface area (TPSA) is 6.48 Å². The second-order valence-corrected chi connectivity index (χ2v) is 22.5. The van der Waals surface area contributed by atoms with Crippen LogP contribution in [0.1, 0.15) is 49.9 Å². The molecule has 0 saturated heterocycles. The molecule has 0 spiro atoms. The SMILES string of the molecule is CC1(C)c2ccccc2-c2ccc(N3c4cccc5c4B4c6c3cccc6[Si](C)(c3ccccc3)c3cccc(c34)N5c3ccc4c(c3)C(C)(C)c3ccccc3-4)cc21. The summed E-state index contributed by atoms with van der Waals surface area (Å²) in [5.74, 6) is 0. The van der Waals surface area contributed by atoms with Crippen LogP contribution in [0, 0.1) is 0 Å². The van der Waals surface area contributed by atoms with E-state index in [-0.39, 0.29) is 17.5 Å². The third kappa shape index (κ3) is 4.03. The Morgan fingerprint density at radius 2 is 0.797 bits per heavy atom. The molecule has 0 radical (unpaired) electrons. The Kier molecular flexibility index (Phi) is 6.39. The van der Waals surface area contributed by atoms with Crippen LogP contribution in [-0.4, -0.2) is 14.8 Å². The zero-order chi connectivity index (χ0) is 39.6. The second kappa shape index (κ2) is 11.2. The zero-order valence-corrected chi connectivity index (χ0v) is 35.1. The van der Waals surface area contributed by atoms with Gasteiger partial charge in [-0.2, -0.15) is 0 Å². The number of benzene rings is 8. The highest BCUT2D eigenvalue weighted by Crippen LogP contribution is 2.53. The molecule has 0 N–H and O–H groups in total. The Labute approximate surface area is 348 Å². The van der Waals surface area contributed by atoms with E-state index in [4.69, 9.17) is 0 Å². The van der Waals surface area contributed by atoms with Gasteiger partial charge < -0.3 is 9.80 Å². The van der Waals surface area contributed by atoms with Crippen LogP contribution in [0.25, 0.3) is 22.3 Å². The minimum atomic E-state index is -2.51. The Balaban J connectivity index is 1.11. The first kappa shape index (κ1) is 33.6. The summed E-state index contributed by atoms with van der Waals surface area (Å²) in [6, 6.07) is 65.5. The summed E-state index contributed by atoms with van der Waals surface area (Å²) in [6.07, 6.45) is 0. The molecule has 2 aliphatic carbocycles. The highest BCUT2D eigenvalue weighted by atomic mass is 28.3. The molecule has 280 valence electrons. The van der Waals surface area contributed by atoms with Gasteiger partial charge in [0.25, 0.3) is 6.71 Å². The van der Waals surface area contributed by atoms with Gasteiger partial charge >= 0.3 is 0 Å². The molecule has 2 nitrogen and oxygen atoms in total. The molecular weight excluding hydrogens is 728 g/mol. The minimum absolute atomic E-state index is 0.100. The average Bonchev–Trinajstić information content (AvgIpc) is 3.64. The van der Waals surface area contributed by atoms with Gasteiger partial charge in [0.15, 0.2) is 0 Å². The fourth-order valence-corrected chi connectivity index (χ4v) is 16.6. The predicted molar refractivity (Wildman–Crippen MR) is 253 cm³/mol. The monoisotopic (exact) mass is 770 g/mol. The Hall–Kier alpha value is -6.36. The van der Waals surface area contributed by atoms with Crippen LogP contribution < -0.4 is 41.7 Å². The van der Waals surface area contributed by atoms with Gasteiger partial charge in [0.1, 0.15) is 8.07 Å². The van der Waals surface area contributed by atoms with Crippen molar-refractivity contribution < 1.29 is 0 Å². The lowest BCUT2D eigenvalue weighted by Gasteiger charge is -2.50. The minimum Gasteiger partial charge on any atom is -0.311 e. The summed E-state index contributed by atoms with van der Waals surface area (Å²) in [5, 5.41) is 4.51. The van der Waals surface area contributed by atoms with Crippen LogP contribution in [0.15, 0.2) is 170 Å². The van der Waals surface area contributed by atoms with Crippen LogP contribution in [0.5, 0.6) is 0 Å². The van der Waals surface area contributed by atoms with Gasteiger partial charge in [-0.3, -0.25) is 0 Å². The van der Waals surface area contributed by atoms with Gasteiger partial charge in [0.05, 0.1) is 0 Å². The normalized spacial score (nSPS) is 16.9. The van der Waals surface area contributed by atoms with Crippen molar-refractivity contribution in [2.24, 2.45) is 0 Å². The number of rotatable bonds is 3. The number of nitrogens with zero attached hydrogens (tertiary/aromatic N) is 2. The average molecular weight is 771 g/mol. The van der Waals surface area contributed by atoms with Gasteiger partial charge in [0, 0.05) is 45.0 Å². The van der Waals surface area contributed by atoms with E-state index in [1.54, 1.807) is 0 Å². The van der Waals surface area contributed by atoms with Crippen molar-refractivity contribution in [1.29, 1.82) is 0 Å². The van der Waals surface area contributed by atoms with Crippen LogP contribution in [0.2, 0.25) is 6.55 Å². The summed E-state index contributed by atoms with van der Waals surface area (Å²) >= 11 is 0. The van der Waals surface area contributed by atoms with Crippen LogP contribution >= 0.6 is 0 Å². The maximum absolute atomic E-state index is 2.62. The summed E-state index contributed by atoms with van der Waals surface area (Å²) in [7, 11) is -2.51. The van der Waals surface area contributed by atoms with E-state index in [0.717, 1.165) is 0 Å². The Bertz CT molecular complexity index is 2980. The fourth-order valence-electron chi connectivity index (χ4n) is 12.3. The maximum Gasteiger partial charge on any atom is 0.251 e. The standard InChI is InChI=1S/C55H43BN2Si/c1-54(2)41-20-11-9-18-37(41)39-30-28-34(32-43(39)54)57-45-22-13-23-46-51(45)56-52-47(57)24-14-26-49(52)59(5,36-16-7-6-8-17-36)50-27-15-25-48(53(50)56)58(46)35-29-31-40-38-19-10-12-21-42(38)55(3,4)44(40)33-35/h6-33H,1-5H3. The lowest BCUT2D eigenvalue weighted by atomic mass is 9.33. The molecule has 0 saturated carbocycles. The molecule has 0 amide bonds. The first-order valence-corrected chi connectivity index (χ1v) is 23.7. The Morgan fingerprint density at radius 3 is 1.29 bits per heavy atom. The number of hydrogen-bond acceptors (Lipinski definition) is 2. The van der Waals surface area contributed by atoms with E-state index < -0.39 is 8.07 Å². The van der Waals surface area contributed by atoms with E-state index in [9.17, 15) is 0 Å². The van der Waals surface area contributed by atoms with Crippen molar-refractivity contribution in [3.05, 3.63) is 192 Å². The molecule has 13 rings (SSSR count). The Morgan fingerprint density at radius 1 is 0.390 bits per heavy atom. The highest BCUT2D eigenvalue weighted by molar-refractivity contribution is 7.21. The van der Waals surface area contributed by atoms with E-state index in [1.165, 1.54) is 111 Å². The lowest BCUT2D eigenvalue weighted by molar-refractivity contribution is 0.660. The second-order valence-electron chi connectivity index (χ2n) is 18.6.